The van der Waals surface area contributed by atoms with Crippen LogP contribution >= 0.6 is 11.8 Å². The molecule has 1 aromatic rings. The zero-order valence-electron chi connectivity index (χ0n) is 11.7. The monoisotopic (exact) mass is 296 g/mol. The van der Waals surface area contributed by atoms with Gasteiger partial charge in [0, 0.05) is 18.8 Å². The highest BCUT2D eigenvalue weighted by atomic mass is 32.2. The molecule has 0 amide bonds. The summed E-state index contributed by atoms with van der Waals surface area (Å²) in [6, 6.07) is 1.44. The first kappa shape index (κ1) is 15.1. The van der Waals surface area contributed by atoms with Crippen molar-refractivity contribution < 1.29 is 9.90 Å². The maximum atomic E-state index is 11.4. The van der Waals surface area contributed by atoms with E-state index in [0.717, 1.165) is 18.3 Å². The molecule has 1 saturated carbocycles. The largest absolute Gasteiger partial charge is 0.481 e. The van der Waals surface area contributed by atoms with Gasteiger partial charge < -0.3 is 9.67 Å². The van der Waals surface area contributed by atoms with Crippen molar-refractivity contribution in [2.75, 3.05) is 5.75 Å². The van der Waals surface area contributed by atoms with Gasteiger partial charge in [0.15, 0.2) is 5.16 Å². The molecule has 0 atom stereocenters. The number of hydrogen-bond donors (Lipinski definition) is 1. The standard InChI is InChI=1S/C14H20N2O3S/c1-14(6-3-2-4-7-14)10-16-8-5-11(17)15-13(16)20-9-12(18)19/h5,8H,2-4,6-7,9-10H2,1H3,(H,18,19). The lowest BCUT2D eigenvalue weighted by Crippen LogP contribution is -2.28. The number of carbonyl (C=O) groups is 1. The van der Waals surface area contributed by atoms with E-state index in [0.29, 0.717) is 5.16 Å². The van der Waals surface area contributed by atoms with Crippen LogP contribution in [-0.4, -0.2) is 26.4 Å². The molecular weight excluding hydrogens is 276 g/mol. The third-order valence-corrected chi connectivity index (χ3v) is 4.76. The van der Waals surface area contributed by atoms with Crippen molar-refractivity contribution in [3.63, 3.8) is 0 Å². The average molecular weight is 296 g/mol. The lowest BCUT2D eigenvalue weighted by molar-refractivity contribution is -0.133. The fourth-order valence-corrected chi connectivity index (χ4v) is 3.45. The lowest BCUT2D eigenvalue weighted by atomic mass is 9.76. The van der Waals surface area contributed by atoms with Gasteiger partial charge in [-0.2, -0.15) is 4.98 Å². The van der Waals surface area contributed by atoms with Gasteiger partial charge in [-0.25, -0.2) is 0 Å². The molecule has 0 radical (unpaired) electrons. The fraction of sp³-hybridized carbons (Fsp3) is 0.643. The lowest BCUT2D eigenvalue weighted by Gasteiger charge is -2.34. The number of nitrogens with zero attached hydrogens (tertiary/aromatic N) is 2. The molecule has 5 nitrogen and oxygen atoms in total. The van der Waals surface area contributed by atoms with E-state index in [4.69, 9.17) is 5.11 Å². The minimum absolute atomic E-state index is 0.0762. The molecule has 20 heavy (non-hydrogen) atoms. The zero-order valence-corrected chi connectivity index (χ0v) is 12.5. The Morgan fingerprint density at radius 2 is 2.15 bits per heavy atom. The average Bonchev–Trinajstić information content (AvgIpc) is 2.39. The highest BCUT2D eigenvalue weighted by Gasteiger charge is 2.27. The Morgan fingerprint density at radius 3 is 2.80 bits per heavy atom. The van der Waals surface area contributed by atoms with E-state index in [1.807, 2.05) is 4.57 Å². The molecule has 110 valence electrons. The zero-order chi connectivity index (χ0) is 14.6. The van der Waals surface area contributed by atoms with E-state index in [-0.39, 0.29) is 16.7 Å². The predicted octanol–water partition coefficient (Wildman–Crippen LogP) is 2.39. The molecule has 1 fully saturated rings. The molecule has 0 unspecified atom stereocenters. The Morgan fingerprint density at radius 1 is 1.45 bits per heavy atom. The van der Waals surface area contributed by atoms with Crippen LogP contribution in [0, 0.1) is 5.41 Å². The molecule has 0 bridgehead atoms. The molecule has 6 heteroatoms. The molecule has 0 aliphatic heterocycles. The van der Waals surface area contributed by atoms with Gasteiger partial charge >= 0.3 is 5.97 Å². The van der Waals surface area contributed by atoms with Crippen molar-refractivity contribution in [1.29, 1.82) is 0 Å². The summed E-state index contributed by atoms with van der Waals surface area (Å²) in [5, 5.41) is 9.28. The molecule has 1 aliphatic carbocycles. The van der Waals surface area contributed by atoms with Crippen molar-refractivity contribution >= 4 is 17.7 Å². The van der Waals surface area contributed by atoms with Crippen LogP contribution in [0.4, 0.5) is 0 Å². The Hall–Kier alpha value is -1.30. The van der Waals surface area contributed by atoms with E-state index >= 15 is 0 Å². The van der Waals surface area contributed by atoms with Crippen molar-refractivity contribution in [1.82, 2.24) is 9.55 Å². The van der Waals surface area contributed by atoms with Crippen LogP contribution in [0.5, 0.6) is 0 Å². The third-order valence-electron chi connectivity index (χ3n) is 3.79. The Kier molecular flexibility index (Phi) is 4.86. The molecule has 0 spiro atoms. The summed E-state index contributed by atoms with van der Waals surface area (Å²) < 4.78 is 1.93. The van der Waals surface area contributed by atoms with Crippen molar-refractivity contribution in [2.24, 2.45) is 5.41 Å². The summed E-state index contributed by atoms with van der Waals surface area (Å²) in [5.41, 5.74) is -0.101. The van der Waals surface area contributed by atoms with Gasteiger partial charge in [0.25, 0.3) is 5.56 Å². The molecular formula is C14H20N2O3S. The van der Waals surface area contributed by atoms with Crippen LogP contribution in [0.25, 0.3) is 0 Å². The summed E-state index contributed by atoms with van der Waals surface area (Å²) in [5.74, 6) is -0.976. The number of thioether (sulfide) groups is 1. The van der Waals surface area contributed by atoms with Crippen molar-refractivity contribution in [3.8, 4) is 0 Å². The van der Waals surface area contributed by atoms with E-state index in [1.54, 1.807) is 6.20 Å². The van der Waals surface area contributed by atoms with Crippen LogP contribution in [0.15, 0.2) is 22.2 Å². The number of aromatic nitrogens is 2. The van der Waals surface area contributed by atoms with E-state index < -0.39 is 5.97 Å². The van der Waals surface area contributed by atoms with Gasteiger partial charge in [-0.05, 0) is 18.3 Å². The molecule has 1 N–H and O–H groups in total. The fourth-order valence-electron chi connectivity index (χ4n) is 2.75. The van der Waals surface area contributed by atoms with Gasteiger partial charge in [-0.3, -0.25) is 9.59 Å². The molecule has 0 saturated heterocycles. The second-order valence-corrected chi connectivity index (χ2v) is 6.67. The van der Waals surface area contributed by atoms with Gasteiger partial charge in [0.2, 0.25) is 0 Å². The first-order valence-electron chi connectivity index (χ1n) is 6.91. The first-order chi connectivity index (χ1) is 9.48. The highest BCUT2D eigenvalue weighted by Crippen LogP contribution is 2.37. The molecule has 0 aromatic carbocycles. The Bertz CT molecular complexity index is 535. The highest BCUT2D eigenvalue weighted by molar-refractivity contribution is 7.99. The van der Waals surface area contributed by atoms with Gasteiger partial charge in [-0.15, -0.1) is 0 Å². The minimum atomic E-state index is -0.900. The summed E-state index contributed by atoms with van der Waals surface area (Å²) in [6.07, 6.45) is 7.84. The predicted molar refractivity (Wildman–Crippen MR) is 78.0 cm³/mol. The van der Waals surface area contributed by atoms with Gasteiger partial charge in [0.1, 0.15) is 0 Å². The van der Waals surface area contributed by atoms with E-state index in [9.17, 15) is 9.59 Å². The smallest absolute Gasteiger partial charge is 0.313 e. The molecule has 1 aromatic heterocycles. The summed E-state index contributed by atoms with van der Waals surface area (Å²) in [7, 11) is 0. The van der Waals surface area contributed by atoms with Crippen LogP contribution in [0.2, 0.25) is 0 Å². The quantitative estimate of drug-likeness (QED) is 0.667. The van der Waals surface area contributed by atoms with Gasteiger partial charge in [-0.1, -0.05) is 37.9 Å². The van der Waals surface area contributed by atoms with Crippen molar-refractivity contribution in [2.45, 2.75) is 50.7 Å². The molecule has 2 rings (SSSR count). The molecule has 1 aliphatic rings. The Labute approximate surface area is 122 Å². The van der Waals surface area contributed by atoms with Crippen LogP contribution in [0.3, 0.4) is 0 Å². The summed E-state index contributed by atoms with van der Waals surface area (Å²) >= 11 is 1.11. The SMILES string of the molecule is CC1(Cn2ccc(=O)nc2SCC(=O)O)CCCCC1. The van der Waals surface area contributed by atoms with Crippen LogP contribution < -0.4 is 5.56 Å². The van der Waals surface area contributed by atoms with E-state index in [1.165, 1.54) is 38.2 Å². The summed E-state index contributed by atoms with van der Waals surface area (Å²) in [6.45, 7) is 3.05. The number of rotatable bonds is 5. The second kappa shape index (κ2) is 6.43. The normalized spacial score (nSPS) is 17.9. The minimum Gasteiger partial charge on any atom is -0.481 e. The first-order valence-corrected chi connectivity index (χ1v) is 7.89. The third kappa shape index (κ3) is 4.10. The maximum absolute atomic E-state index is 11.4. The van der Waals surface area contributed by atoms with E-state index in [2.05, 4.69) is 11.9 Å². The van der Waals surface area contributed by atoms with Crippen molar-refractivity contribution in [3.05, 3.63) is 22.6 Å². The number of carboxylic acid groups (broad SMARTS) is 1. The van der Waals surface area contributed by atoms with Gasteiger partial charge in [0.05, 0.1) is 5.75 Å². The maximum Gasteiger partial charge on any atom is 0.313 e. The number of hydrogen-bond acceptors (Lipinski definition) is 4. The van der Waals surface area contributed by atoms with Crippen LogP contribution in [0.1, 0.15) is 39.0 Å². The second-order valence-electron chi connectivity index (χ2n) is 5.73. The van der Waals surface area contributed by atoms with Crippen LogP contribution in [-0.2, 0) is 11.3 Å². The topological polar surface area (TPSA) is 72.2 Å². The Balaban J connectivity index is 2.17. The molecule has 1 heterocycles. The summed E-state index contributed by atoms with van der Waals surface area (Å²) in [4.78, 5) is 26.0. The number of aliphatic carboxylic acids is 1. The number of carboxylic acids is 1.